The molecule has 0 fully saturated rings. The van der Waals surface area contributed by atoms with E-state index >= 15 is 0 Å². The number of halogens is 1. The van der Waals surface area contributed by atoms with Gasteiger partial charge >= 0.3 is 5.97 Å². The quantitative estimate of drug-likeness (QED) is 0.872. The lowest BCUT2D eigenvalue weighted by molar-refractivity contribution is 0.0698. The van der Waals surface area contributed by atoms with Gasteiger partial charge in [0.25, 0.3) is 0 Å². The van der Waals surface area contributed by atoms with E-state index < -0.39 is 22.0 Å². The molecule has 21 heavy (non-hydrogen) atoms. The number of hydrogen-bond donors (Lipinski definition) is 2. The van der Waals surface area contributed by atoms with E-state index in [1.54, 1.807) is 31.2 Å². The lowest BCUT2D eigenvalue weighted by Gasteiger charge is -2.14. The van der Waals surface area contributed by atoms with Crippen molar-refractivity contribution in [3.8, 4) is 0 Å². The van der Waals surface area contributed by atoms with Crippen molar-refractivity contribution < 1.29 is 18.3 Å². The van der Waals surface area contributed by atoms with Gasteiger partial charge in [0.05, 0.1) is 0 Å². The Morgan fingerprint density at radius 3 is 2.71 bits per heavy atom. The number of carboxylic acids is 1. The molecule has 0 bridgehead atoms. The van der Waals surface area contributed by atoms with Crippen molar-refractivity contribution in [1.82, 2.24) is 4.72 Å². The van der Waals surface area contributed by atoms with Crippen molar-refractivity contribution in [2.75, 3.05) is 0 Å². The van der Waals surface area contributed by atoms with Crippen LogP contribution in [0.15, 0.2) is 40.6 Å². The molecule has 2 N–H and O–H groups in total. The van der Waals surface area contributed by atoms with Crippen LogP contribution < -0.4 is 4.72 Å². The molecule has 112 valence electrons. The molecule has 0 radical (unpaired) electrons. The lowest BCUT2D eigenvalue weighted by Crippen LogP contribution is -2.27. The maximum atomic E-state index is 12.3. The lowest BCUT2D eigenvalue weighted by atomic mass is 10.1. The van der Waals surface area contributed by atoms with Gasteiger partial charge in [-0.1, -0.05) is 23.7 Å². The smallest absolute Gasteiger partial charge is 0.347 e. The Hall–Kier alpha value is -1.41. The van der Waals surface area contributed by atoms with Gasteiger partial charge in [-0.05, 0) is 36.1 Å². The van der Waals surface area contributed by atoms with Crippen molar-refractivity contribution in [3.63, 3.8) is 0 Å². The third-order valence-electron chi connectivity index (χ3n) is 2.79. The zero-order chi connectivity index (χ0) is 15.6. The summed E-state index contributed by atoms with van der Waals surface area (Å²) in [6, 6.07) is 7.55. The SMILES string of the molecule is CC(NS(=O)(=O)c1ccsc1C(=O)O)c1cccc(Cl)c1. The van der Waals surface area contributed by atoms with Crippen LogP contribution in [0.4, 0.5) is 0 Å². The van der Waals surface area contributed by atoms with E-state index in [4.69, 9.17) is 16.7 Å². The highest BCUT2D eigenvalue weighted by atomic mass is 35.5. The maximum Gasteiger partial charge on any atom is 0.347 e. The van der Waals surface area contributed by atoms with Crippen LogP contribution in [0.5, 0.6) is 0 Å². The van der Waals surface area contributed by atoms with E-state index in [0.717, 1.165) is 11.3 Å². The summed E-state index contributed by atoms with van der Waals surface area (Å²) < 4.78 is 27.0. The van der Waals surface area contributed by atoms with Crippen molar-refractivity contribution in [2.24, 2.45) is 0 Å². The summed E-state index contributed by atoms with van der Waals surface area (Å²) in [6.45, 7) is 1.66. The Kier molecular flexibility index (Phi) is 4.67. The summed E-state index contributed by atoms with van der Waals surface area (Å²) in [6.07, 6.45) is 0. The molecule has 0 amide bonds. The van der Waals surface area contributed by atoms with Crippen LogP contribution in [0.2, 0.25) is 5.02 Å². The number of carbonyl (C=O) groups is 1. The molecule has 2 rings (SSSR count). The number of thiophene rings is 1. The number of nitrogens with one attached hydrogen (secondary N) is 1. The summed E-state index contributed by atoms with van der Waals surface area (Å²) >= 11 is 6.74. The molecular formula is C13H12ClNO4S2. The van der Waals surface area contributed by atoms with Crippen LogP contribution in [0, 0.1) is 0 Å². The second-order valence-corrected chi connectivity index (χ2v) is 7.35. The molecule has 1 unspecified atom stereocenters. The first-order valence-corrected chi connectivity index (χ1v) is 8.64. The van der Waals surface area contributed by atoms with E-state index in [9.17, 15) is 13.2 Å². The molecule has 0 aliphatic heterocycles. The number of benzene rings is 1. The van der Waals surface area contributed by atoms with Gasteiger partial charge in [0, 0.05) is 11.1 Å². The minimum Gasteiger partial charge on any atom is -0.477 e. The standard InChI is InChI=1S/C13H12ClNO4S2/c1-8(9-3-2-4-10(14)7-9)15-21(18,19)11-5-6-20-12(11)13(16)17/h2-8,15H,1H3,(H,16,17). The zero-order valence-electron chi connectivity index (χ0n) is 10.9. The highest BCUT2D eigenvalue weighted by Crippen LogP contribution is 2.24. The predicted molar refractivity (Wildman–Crippen MR) is 81.5 cm³/mol. The molecule has 1 atom stereocenters. The van der Waals surface area contributed by atoms with Crippen molar-refractivity contribution in [3.05, 3.63) is 51.2 Å². The molecule has 0 aliphatic carbocycles. The van der Waals surface area contributed by atoms with Crippen molar-refractivity contribution in [2.45, 2.75) is 17.9 Å². The van der Waals surface area contributed by atoms with Gasteiger partial charge in [-0.3, -0.25) is 0 Å². The largest absolute Gasteiger partial charge is 0.477 e. The van der Waals surface area contributed by atoms with Gasteiger partial charge in [-0.2, -0.15) is 0 Å². The fourth-order valence-electron chi connectivity index (χ4n) is 1.81. The monoisotopic (exact) mass is 345 g/mol. The van der Waals surface area contributed by atoms with Gasteiger partial charge in [-0.15, -0.1) is 11.3 Å². The first-order valence-electron chi connectivity index (χ1n) is 5.90. The normalized spacial score (nSPS) is 13.0. The second kappa shape index (κ2) is 6.15. The van der Waals surface area contributed by atoms with Gasteiger partial charge in [0.1, 0.15) is 9.77 Å². The Labute approximate surface area is 131 Å². The van der Waals surface area contributed by atoms with Crippen LogP contribution >= 0.6 is 22.9 Å². The first-order chi connectivity index (χ1) is 9.81. The van der Waals surface area contributed by atoms with Crippen LogP contribution in [-0.2, 0) is 10.0 Å². The third-order valence-corrected chi connectivity index (χ3v) is 5.64. The van der Waals surface area contributed by atoms with E-state index in [1.807, 2.05) is 0 Å². The summed E-state index contributed by atoms with van der Waals surface area (Å²) in [4.78, 5) is 10.6. The Morgan fingerprint density at radius 1 is 1.38 bits per heavy atom. The zero-order valence-corrected chi connectivity index (χ0v) is 13.3. The number of rotatable bonds is 5. The molecule has 2 aromatic rings. The number of carboxylic acid groups (broad SMARTS) is 1. The molecule has 0 spiro atoms. The average Bonchev–Trinajstić information content (AvgIpc) is 2.88. The van der Waals surface area contributed by atoms with Gasteiger partial charge < -0.3 is 5.11 Å². The number of aromatic carboxylic acids is 1. The van der Waals surface area contributed by atoms with Crippen LogP contribution in [0.25, 0.3) is 0 Å². The molecule has 1 aromatic carbocycles. The highest BCUT2D eigenvalue weighted by Gasteiger charge is 2.25. The van der Waals surface area contributed by atoms with Gasteiger partial charge in [-0.25, -0.2) is 17.9 Å². The van der Waals surface area contributed by atoms with Crippen molar-refractivity contribution >= 4 is 38.9 Å². The summed E-state index contributed by atoms with van der Waals surface area (Å²) in [5.41, 5.74) is 0.693. The van der Waals surface area contributed by atoms with E-state index in [0.29, 0.717) is 10.6 Å². The van der Waals surface area contributed by atoms with Crippen LogP contribution in [0.1, 0.15) is 28.2 Å². The topological polar surface area (TPSA) is 83.5 Å². The third kappa shape index (κ3) is 3.62. The molecule has 0 saturated heterocycles. The average molecular weight is 346 g/mol. The molecule has 1 aromatic heterocycles. The minimum absolute atomic E-state index is 0.208. The Bertz CT molecular complexity index is 770. The van der Waals surface area contributed by atoms with E-state index in [-0.39, 0.29) is 9.77 Å². The molecule has 0 saturated carbocycles. The predicted octanol–water partition coefficient (Wildman–Crippen LogP) is 3.14. The Balaban J connectivity index is 2.29. The fourth-order valence-corrected chi connectivity index (χ4v) is 4.50. The fraction of sp³-hybridized carbons (Fsp3) is 0.154. The van der Waals surface area contributed by atoms with E-state index in [1.165, 1.54) is 11.4 Å². The van der Waals surface area contributed by atoms with Gasteiger partial charge in [0.15, 0.2) is 0 Å². The summed E-state index contributed by atoms with van der Waals surface area (Å²) in [5, 5.41) is 10.9. The maximum absolute atomic E-state index is 12.3. The number of sulfonamides is 1. The molecule has 0 aliphatic rings. The Morgan fingerprint density at radius 2 is 2.10 bits per heavy atom. The molecule has 1 heterocycles. The highest BCUT2D eigenvalue weighted by molar-refractivity contribution is 7.89. The first kappa shape index (κ1) is 16.0. The van der Waals surface area contributed by atoms with Gasteiger partial charge in [0.2, 0.25) is 10.0 Å². The summed E-state index contributed by atoms with van der Waals surface area (Å²) in [7, 11) is -3.92. The molecule has 8 heteroatoms. The van der Waals surface area contributed by atoms with Crippen LogP contribution in [-0.4, -0.2) is 19.5 Å². The minimum atomic E-state index is -3.92. The molecular weight excluding hydrogens is 334 g/mol. The molecule has 5 nitrogen and oxygen atoms in total. The van der Waals surface area contributed by atoms with Crippen molar-refractivity contribution in [1.29, 1.82) is 0 Å². The second-order valence-electron chi connectivity index (χ2n) is 4.32. The van der Waals surface area contributed by atoms with E-state index in [2.05, 4.69) is 4.72 Å². The van der Waals surface area contributed by atoms with Crippen LogP contribution in [0.3, 0.4) is 0 Å². The summed E-state index contributed by atoms with van der Waals surface area (Å²) in [5.74, 6) is -1.26. The number of hydrogen-bond acceptors (Lipinski definition) is 4.